The summed E-state index contributed by atoms with van der Waals surface area (Å²) in [6.07, 6.45) is -36.1. The second-order valence-electron chi connectivity index (χ2n) is 11.1. The molecular formula is C24H42O21. The van der Waals surface area contributed by atoms with Crippen molar-refractivity contribution in [3.05, 3.63) is 0 Å². The molecule has 4 fully saturated rings. The van der Waals surface area contributed by atoms with Crippen LogP contribution in [0.3, 0.4) is 0 Å². The van der Waals surface area contributed by atoms with Gasteiger partial charge in [-0.05, 0) is 0 Å². The number of ether oxygens (including phenoxy) is 7. The molecule has 21 nitrogen and oxygen atoms in total. The Labute approximate surface area is 254 Å². The molecule has 0 aromatic rings. The van der Waals surface area contributed by atoms with E-state index in [2.05, 4.69) is 0 Å². The van der Waals surface area contributed by atoms with Crippen LogP contribution in [0, 0.1) is 0 Å². The lowest BCUT2D eigenvalue weighted by atomic mass is 9.95. The summed E-state index contributed by atoms with van der Waals surface area (Å²) in [6, 6.07) is 0. The highest BCUT2D eigenvalue weighted by atomic mass is 16.8. The molecule has 4 aliphatic heterocycles. The Morgan fingerprint density at radius 2 is 0.644 bits per heavy atom. The molecule has 0 radical (unpaired) electrons. The first-order valence-electron chi connectivity index (χ1n) is 14.1. The molecule has 0 aromatic carbocycles. The van der Waals surface area contributed by atoms with Crippen LogP contribution in [0.4, 0.5) is 0 Å². The third kappa shape index (κ3) is 7.44. The van der Waals surface area contributed by atoms with E-state index in [0.29, 0.717) is 0 Å². The molecule has 21 heteroatoms. The Bertz CT molecular complexity index is 916. The van der Waals surface area contributed by atoms with Crippen LogP contribution in [0.1, 0.15) is 0 Å². The van der Waals surface area contributed by atoms with E-state index < -0.39 is 149 Å². The van der Waals surface area contributed by atoms with Gasteiger partial charge in [-0.2, -0.15) is 0 Å². The molecule has 4 heterocycles. The molecule has 0 aliphatic carbocycles. The lowest BCUT2D eigenvalue weighted by Gasteiger charge is -2.49. The third-order valence-electron chi connectivity index (χ3n) is 8.21. The maximum atomic E-state index is 11.1. The second kappa shape index (κ2) is 15.6. The van der Waals surface area contributed by atoms with Crippen molar-refractivity contribution >= 4 is 0 Å². The standard InChI is InChI=1S/C24H42O21/c25-1-5-9(29)13(33)14(34)22(40-5)44-19-11(31)7(3-27)42-24(16(19)36)45-20-12(32)8(4-28)41-23(17(20)37)43-18-10(30)6(2-26)39-21(38)15(18)35/h5-38H,1-4H2/t5-,6-,7-,8-,9-,10-,11-,12-,13+,14+,15+,16+,17+,18+,19+,20+,21?,22?,23?,24?/m1/s1. The van der Waals surface area contributed by atoms with Gasteiger partial charge in [-0.1, -0.05) is 0 Å². The van der Waals surface area contributed by atoms with Gasteiger partial charge in [-0.15, -0.1) is 0 Å². The van der Waals surface area contributed by atoms with Crippen LogP contribution >= 0.6 is 0 Å². The number of aliphatic hydroxyl groups is 14. The van der Waals surface area contributed by atoms with Crippen molar-refractivity contribution in [1.82, 2.24) is 0 Å². The fourth-order valence-electron chi connectivity index (χ4n) is 5.53. The molecule has 0 spiro atoms. The van der Waals surface area contributed by atoms with Crippen LogP contribution in [0.15, 0.2) is 0 Å². The summed E-state index contributed by atoms with van der Waals surface area (Å²) in [6.45, 7) is -3.42. The van der Waals surface area contributed by atoms with Crippen LogP contribution in [0.2, 0.25) is 0 Å². The van der Waals surface area contributed by atoms with Crippen molar-refractivity contribution in [2.75, 3.05) is 26.4 Å². The quantitative estimate of drug-likeness (QED) is 0.103. The molecule has 45 heavy (non-hydrogen) atoms. The van der Waals surface area contributed by atoms with Crippen LogP contribution in [-0.2, 0) is 33.2 Å². The van der Waals surface area contributed by atoms with Crippen LogP contribution in [0.5, 0.6) is 0 Å². The van der Waals surface area contributed by atoms with Crippen molar-refractivity contribution < 1.29 is 105 Å². The van der Waals surface area contributed by atoms with Gasteiger partial charge >= 0.3 is 0 Å². The van der Waals surface area contributed by atoms with Gasteiger partial charge < -0.3 is 105 Å². The lowest BCUT2D eigenvalue weighted by Crippen LogP contribution is -2.67. The first-order chi connectivity index (χ1) is 21.3. The highest BCUT2D eigenvalue weighted by Crippen LogP contribution is 2.34. The summed E-state index contributed by atoms with van der Waals surface area (Å²) >= 11 is 0. The maximum absolute atomic E-state index is 11.1. The van der Waals surface area contributed by atoms with E-state index in [0.717, 1.165) is 0 Å². The van der Waals surface area contributed by atoms with Crippen molar-refractivity contribution in [2.45, 2.75) is 123 Å². The number of hydrogen-bond acceptors (Lipinski definition) is 21. The summed E-state index contributed by atoms with van der Waals surface area (Å²) in [4.78, 5) is 0. The molecule has 4 rings (SSSR count). The van der Waals surface area contributed by atoms with Crippen LogP contribution < -0.4 is 0 Å². The molecule has 14 N–H and O–H groups in total. The molecule has 4 saturated heterocycles. The Morgan fingerprint density at radius 3 is 1.02 bits per heavy atom. The monoisotopic (exact) mass is 666 g/mol. The van der Waals surface area contributed by atoms with Gasteiger partial charge in [0.2, 0.25) is 0 Å². The van der Waals surface area contributed by atoms with Crippen molar-refractivity contribution in [3.8, 4) is 0 Å². The van der Waals surface area contributed by atoms with E-state index in [1.54, 1.807) is 0 Å². The van der Waals surface area contributed by atoms with E-state index in [1.165, 1.54) is 0 Å². The maximum Gasteiger partial charge on any atom is 0.187 e. The molecule has 0 bridgehead atoms. The normalized spacial score (nSPS) is 52.9. The van der Waals surface area contributed by atoms with Gasteiger partial charge in [0.25, 0.3) is 0 Å². The topological polar surface area (TPSA) is 348 Å². The van der Waals surface area contributed by atoms with Crippen molar-refractivity contribution in [3.63, 3.8) is 0 Å². The highest BCUT2D eigenvalue weighted by Gasteiger charge is 2.55. The van der Waals surface area contributed by atoms with Gasteiger partial charge in [0.15, 0.2) is 25.2 Å². The minimum atomic E-state index is -2.05. The summed E-state index contributed by atoms with van der Waals surface area (Å²) in [7, 11) is 0. The van der Waals surface area contributed by atoms with Gasteiger partial charge in [0.05, 0.1) is 26.4 Å². The number of aliphatic hydroxyl groups excluding tert-OH is 14. The Hall–Kier alpha value is -0.840. The summed E-state index contributed by atoms with van der Waals surface area (Å²) in [5.41, 5.74) is 0. The fourth-order valence-corrected chi connectivity index (χ4v) is 5.53. The summed E-state index contributed by atoms with van der Waals surface area (Å²) < 4.78 is 37.5. The van der Waals surface area contributed by atoms with E-state index in [9.17, 15) is 71.5 Å². The summed E-state index contributed by atoms with van der Waals surface area (Å²) in [5, 5.41) is 143. The molecule has 264 valence electrons. The average Bonchev–Trinajstić information content (AvgIpc) is 3.02. The molecule has 0 amide bonds. The summed E-state index contributed by atoms with van der Waals surface area (Å²) in [5.74, 6) is 0. The molecular weight excluding hydrogens is 624 g/mol. The SMILES string of the molecule is OC[C@H]1OC(O[C@H]2[C@H](O)[C@@H](CO)OC(O[C@H]3[C@H](O)[C@@H](CO)OC(O[C@H]4[C@H](O)[C@@H](CO)OC(O)[C@H]4O)[C@H]3O)[C@H]2O)[C@@H](O)[C@@H](O)[C@@H]1O. The first kappa shape index (κ1) is 37.0. The number of rotatable bonds is 10. The minimum Gasteiger partial charge on any atom is -0.394 e. The third-order valence-corrected chi connectivity index (χ3v) is 8.21. The molecule has 20 atom stereocenters. The van der Waals surface area contributed by atoms with E-state index >= 15 is 0 Å². The molecule has 0 aromatic heterocycles. The Balaban J connectivity index is 1.53. The highest BCUT2D eigenvalue weighted by molar-refractivity contribution is 4.97. The molecule has 0 saturated carbocycles. The largest absolute Gasteiger partial charge is 0.394 e. The molecule has 4 unspecified atom stereocenters. The van der Waals surface area contributed by atoms with Gasteiger partial charge in [0.1, 0.15) is 97.7 Å². The van der Waals surface area contributed by atoms with E-state index in [4.69, 9.17) is 33.2 Å². The molecule has 4 aliphatic rings. The fraction of sp³-hybridized carbons (Fsp3) is 1.00. The minimum absolute atomic E-state index is 0.802. The zero-order chi connectivity index (χ0) is 33.3. The average molecular weight is 667 g/mol. The smallest absolute Gasteiger partial charge is 0.187 e. The van der Waals surface area contributed by atoms with Crippen LogP contribution in [-0.4, -0.2) is 221 Å². The first-order valence-corrected chi connectivity index (χ1v) is 14.1. The van der Waals surface area contributed by atoms with Crippen molar-refractivity contribution in [2.24, 2.45) is 0 Å². The van der Waals surface area contributed by atoms with E-state index in [-0.39, 0.29) is 0 Å². The second-order valence-corrected chi connectivity index (χ2v) is 11.1. The zero-order valence-electron chi connectivity index (χ0n) is 23.5. The predicted molar refractivity (Wildman–Crippen MR) is 134 cm³/mol. The van der Waals surface area contributed by atoms with Gasteiger partial charge in [0, 0.05) is 0 Å². The van der Waals surface area contributed by atoms with Gasteiger partial charge in [-0.25, -0.2) is 0 Å². The zero-order valence-corrected chi connectivity index (χ0v) is 23.5. The van der Waals surface area contributed by atoms with Crippen molar-refractivity contribution in [1.29, 1.82) is 0 Å². The van der Waals surface area contributed by atoms with E-state index in [1.807, 2.05) is 0 Å². The Morgan fingerprint density at radius 1 is 0.333 bits per heavy atom. The Kier molecular flexibility index (Phi) is 12.8. The van der Waals surface area contributed by atoms with Crippen LogP contribution in [0.25, 0.3) is 0 Å². The van der Waals surface area contributed by atoms with Gasteiger partial charge in [-0.3, -0.25) is 0 Å². The lowest BCUT2D eigenvalue weighted by molar-refractivity contribution is -0.389. The predicted octanol–water partition coefficient (Wildman–Crippen LogP) is -9.75. The number of hydrogen-bond donors (Lipinski definition) is 14.